The number of phenols is 1. The van der Waals surface area contributed by atoms with Crippen LogP contribution in [-0.2, 0) is 22.4 Å². The van der Waals surface area contributed by atoms with Crippen LogP contribution < -0.4 is 4.74 Å². The summed E-state index contributed by atoms with van der Waals surface area (Å²) in [5.41, 5.74) is 7.01. The van der Waals surface area contributed by atoms with Crippen LogP contribution in [0.25, 0.3) is 15.9 Å². The lowest BCUT2D eigenvalue weighted by atomic mass is 9.80. The molecular weight excluding hydrogens is 566 g/mol. The molecule has 4 aromatic rings. The number of ether oxygens (including phenoxy) is 1. The van der Waals surface area contributed by atoms with Crippen LogP contribution in [0.2, 0.25) is 0 Å². The number of phenolic OH excluding ortho intramolecular Hbond substituents is 1. The second-order valence-corrected chi connectivity index (χ2v) is 12.2. The Labute approximate surface area is 252 Å². The van der Waals surface area contributed by atoms with Gasteiger partial charge in [-0.3, -0.25) is 14.4 Å². The van der Waals surface area contributed by atoms with Gasteiger partial charge in [0, 0.05) is 50.5 Å². The third-order valence-electron chi connectivity index (χ3n) is 8.86. The molecule has 7 rings (SSSR count). The molecule has 1 N–H and O–H groups in total. The summed E-state index contributed by atoms with van der Waals surface area (Å²) in [5.74, 6) is 0.0959. The molecule has 0 bridgehead atoms. The van der Waals surface area contributed by atoms with Gasteiger partial charge in [0.05, 0.1) is 33.2 Å². The topological polar surface area (TPSA) is 118 Å². The van der Waals surface area contributed by atoms with Crippen molar-refractivity contribution in [1.29, 1.82) is 0 Å². The zero-order valence-corrected chi connectivity index (χ0v) is 24.6. The van der Waals surface area contributed by atoms with Gasteiger partial charge >= 0.3 is 5.97 Å². The molecule has 1 aliphatic carbocycles. The monoisotopic (exact) mass is 597 g/mol. The molecule has 2 aliphatic heterocycles. The SMILES string of the molecule is C=CC(=O)N1CCc2nn(-c3ccc(C4CCC4)cc3OC(C)=O)c3c2[C@H](C1)N(C(=O)c1cc(O)c2scnc2c1)CC3. The maximum Gasteiger partial charge on any atom is 0.308 e. The number of nitrogens with zero attached hydrogens (tertiary/aromatic N) is 5. The van der Waals surface area contributed by atoms with Crippen molar-refractivity contribution < 1.29 is 24.2 Å². The van der Waals surface area contributed by atoms with Gasteiger partial charge in [-0.1, -0.05) is 19.1 Å². The minimum absolute atomic E-state index is 0.0160. The summed E-state index contributed by atoms with van der Waals surface area (Å²) >= 11 is 1.32. The van der Waals surface area contributed by atoms with Crippen LogP contribution in [0, 0.1) is 0 Å². The van der Waals surface area contributed by atoms with Crippen molar-refractivity contribution in [2.45, 2.75) is 51.0 Å². The Hall–Kier alpha value is -4.51. The lowest BCUT2D eigenvalue weighted by Crippen LogP contribution is -2.45. The first-order valence-corrected chi connectivity index (χ1v) is 15.4. The number of hydrogen-bond acceptors (Lipinski definition) is 8. The molecule has 43 heavy (non-hydrogen) atoms. The molecule has 1 saturated carbocycles. The van der Waals surface area contributed by atoms with Crippen LogP contribution in [0.5, 0.6) is 11.5 Å². The summed E-state index contributed by atoms with van der Waals surface area (Å²) < 4.78 is 8.21. The van der Waals surface area contributed by atoms with E-state index in [1.807, 2.05) is 16.8 Å². The lowest BCUT2D eigenvalue weighted by molar-refractivity contribution is -0.132. The third kappa shape index (κ3) is 4.68. The molecule has 0 spiro atoms. The van der Waals surface area contributed by atoms with E-state index >= 15 is 0 Å². The van der Waals surface area contributed by atoms with Gasteiger partial charge in [0.25, 0.3) is 5.91 Å². The summed E-state index contributed by atoms with van der Waals surface area (Å²) in [4.78, 5) is 46.8. The molecule has 11 heteroatoms. The summed E-state index contributed by atoms with van der Waals surface area (Å²) in [6.45, 7) is 6.15. The fourth-order valence-corrected chi connectivity index (χ4v) is 7.23. The van der Waals surface area contributed by atoms with Crippen LogP contribution in [0.15, 0.2) is 48.5 Å². The first kappa shape index (κ1) is 27.3. The van der Waals surface area contributed by atoms with E-state index in [1.165, 1.54) is 36.8 Å². The second-order valence-electron chi connectivity index (χ2n) is 11.4. The van der Waals surface area contributed by atoms with Gasteiger partial charge < -0.3 is 19.6 Å². The molecule has 4 heterocycles. The van der Waals surface area contributed by atoms with Crippen molar-refractivity contribution in [3.8, 4) is 17.2 Å². The summed E-state index contributed by atoms with van der Waals surface area (Å²) in [5, 5.41) is 15.6. The highest BCUT2D eigenvalue weighted by Gasteiger charge is 2.40. The molecule has 0 saturated heterocycles. The van der Waals surface area contributed by atoms with Crippen LogP contribution in [-0.4, -0.2) is 67.1 Å². The molecule has 0 radical (unpaired) electrons. The number of esters is 1. The predicted octanol–water partition coefficient (Wildman–Crippen LogP) is 4.69. The van der Waals surface area contributed by atoms with Gasteiger partial charge in [-0.05, 0) is 54.7 Å². The number of hydrogen-bond donors (Lipinski definition) is 1. The molecule has 2 aromatic carbocycles. The van der Waals surface area contributed by atoms with Gasteiger partial charge in [-0.15, -0.1) is 11.3 Å². The number of amides is 2. The summed E-state index contributed by atoms with van der Waals surface area (Å²) in [6, 6.07) is 8.75. The Morgan fingerprint density at radius 1 is 1.14 bits per heavy atom. The average Bonchev–Trinajstić information content (AvgIpc) is 3.53. The van der Waals surface area contributed by atoms with Gasteiger partial charge in [0.2, 0.25) is 5.91 Å². The number of carbonyl (C=O) groups excluding carboxylic acids is 3. The lowest BCUT2D eigenvalue weighted by Gasteiger charge is -2.38. The van der Waals surface area contributed by atoms with Crippen molar-refractivity contribution in [1.82, 2.24) is 24.6 Å². The number of fused-ring (bicyclic) bond motifs is 1. The van der Waals surface area contributed by atoms with Crippen LogP contribution >= 0.6 is 11.3 Å². The van der Waals surface area contributed by atoms with E-state index in [0.29, 0.717) is 59.1 Å². The van der Waals surface area contributed by atoms with Gasteiger partial charge in [0.1, 0.15) is 11.4 Å². The predicted molar refractivity (Wildman–Crippen MR) is 161 cm³/mol. The maximum absolute atomic E-state index is 14.1. The molecule has 1 fully saturated rings. The van der Waals surface area contributed by atoms with Gasteiger partial charge in [-0.25, -0.2) is 9.67 Å². The Morgan fingerprint density at radius 2 is 1.98 bits per heavy atom. The number of thiazole rings is 1. The molecule has 1 atom stereocenters. The first-order chi connectivity index (χ1) is 20.8. The Kier molecular flexibility index (Phi) is 6.76. The fourth-order valence-electron chi connectivity index (χ4n) is 6.54. The molecular formula is C32H31N5O5S. The molecule has 3 aliphatic rings. The van der Waals surface area contributed by atoms with E-state index < -0.39 is 12.0 Å². The number of benzene rings is 2. The van der Waals surface area contributed by atoms with E-state index in [9.17, 15) is 19.5 Å². The largest absolute Gasteiger partial charge is 0.506 e. The molecule has 0 unspecified atom stereocenters. The van der Waals surface area contributed by atoms with Crippen LogP contribution in [0.4, 0.5) is 0 Å². The molecule has 220 valence electrons. The average molecular weight is 598 g/mol. The minimum atomic E-state index is -0.467. The van der Waals surface area contributed by atoms with Crippen molar-refractivity contribution >= 4 is 39.3 Å². The van der Waals surface area contributed by atoms with E-state index in [0.717, 1.165) is 35.4 Å². The zero-order chi connectivity index (χ0) is 29.8. The standard InChI is InChI=1S/C32H31N5O5S/c1-3-29(40)35-11-9-22-30-25(37(34-22)24-8-7-20(19-5-4-6-19)15-28(24)42-18(2)38)10-12-36(26(30)16-35)32(41)21-13-23-31(27(39)14-21)43-17-33-23/h3,7-8,13-15,17,19,26,39H,1,4-6,9-12,16H2,2H3/t26-/m0/s1. The van der Waals surface area contributed by atoms with Crippen molar-refractivity contribution in [2.75, 3.05) is 19.6 Å². The van der Waals surface area contributed by atoms with E-state index in [2.05, 4.69) is 17.6 Å². The molecule has 2 amide bonds. The smallest absolute Gasteiger partial charge is 0.308 e. The Bertz CT molecular complexity index is 1800. The highest BCUT2D eigenvalue weighted by Crippen LogP contribution is 2.42. The van der Waals surface area contributed by atoms with Gasteiger partial charge in [0.15, 0.2) is 5.75 Å². The second kappa shape index (κ2) is 10.6. The third-order valence-corrected chi connectivity index (χ3v) is 9.72. The van der Waals surface area contributed by atoms with Gasteiger partial charge in [-0.2, -0.15) is 5.10 Å². The molecule has 10 nitrogen and oxygen atoms in total. The van der Waals surface area contributed by atoms with Crippen LogP contribution in [0.1, 0.15) is 71.0 Å². The van der Waals surface area contributed by atoms with E-state index in [4.69, 9.17) is 9.84 Å². The highest BCUT2D eigenvalue weighted by atomic mass is 32.1. The number of aromatic nitrogens is 3. The summed E-state index contributed by atoms with van der Waals surface area (Å²) in [6.07, 6.45) is 5.75. The van der Waals surface area contributed by atoms with E-state index in [1.54, 1.807) is 21.4 Å². The van der Waals surface area contributed by atoms with Crippen molar-refractivity contribution in [3.05, 3.63) is 76.6 Å². The number of aromatic hydroxyl groups is 1. The highest BCUT2D eigenvalue weighted by molar-refractivity contribution is 7.17. The van der Waals surface area contributed by atoms with Crippen LogP contribution in [0.3, 0.4) is 0 Å². The van der Waals surface area contributed by atoms with Crippen molar-refractivity contribution in [3.63, 3.8) is 0 Å². The zero-order valence-electron chi connectivity index (χ0n) is 23.8. The number of carbonyl (C=O) groups is 3. The van der Waals surface area contributed by atoms with E-state index in [-0.39, 0.29) is 24.1 Å². The van der Waals surface area contributed by atoms with Crippen molar-refractivity contribution in [2.24, 2.45) is 0 Å². The normalized spacial score (nSPS) is 18.1. The fraction of sp³-hybridized carbons (Fsp3) is 0.344. The Morgan fingerprint density at radius 3 is 2.72 bits per heavy atom. The molecule has 2 aromatic heterocycles. The first-order valence-electron chi connectivity index (χ1n) is 14.5. The maximum atomic E-state index is 14.1. The summed E-state index contributed by atoms with van der Waals surface area (Å²) in [7, 11) is 0. The minimum Gasteiger partial charge on any atom is -0.506 e. The quantitative estimate of drug-likeness (QED) is 0.201. The Balaban J connectivity index is 1.32. The number of rotatable bonds is 5.